The Balaban J connectivity index is 0.000000945. The number of benzene rings is 1. The lowest BCUT2D eigenvalue weighted by molar-refractivity contribution is -0.00832. The molecule has 0 radical (unpaired) electrons. The van der Waals surface area contributed by atoms with Gasteiger partial charge in [0.05, 0.1) is 12.2 Å². The average molecular weight is 475 g/mol. The van der Waals surface area contributed by atoms with Gasteiger partial charge in [-0.25, -0.2) is 23.1 Å². The van der Waals surface area contributed by atoms with Crippen LogP contribution in [0.15, 0.2) is 29.4 Å². The van der Waals surface area contributed by atoms with Gasteiger partial charge < -0.3 is 5.32 Å². The molecule has 0 spiro atoms. The van der Waals surface area contributed by atoms with E-state index >= 15 is 0 Å². The van der Waals surface area contributed by atoms with Gasteiger partial charge in [-0.3, -0.25) is 4.99 Å². The number of hydrogen-bond acceptors (Lipinski definition) is 4. The molecule has 0 amide bonds. The predicted molar refractivity (Wildman–Crippen MR) is 136 cm³/mol. The SMILES string of the molecule is C/C=C(/c1cc(C)c(N=C(C)C)c(F)c1)c1cnc(NCC(F)(F)C2CC2)nc1C.CC(C)C. The van der Waals surface area contributed by atoms with Crippen molar-refractivity contribution in [3.8, 4) is 0 Å². The lowest BCUT2D eigenvalue weighted by Gasteiger charge is -2.17. The van der Waals surface area contributed by atoms with Crippen LogP contribution in [0.3, 0.4) is 0 Å². The number of rotatable bonds is 7. The summed E-state index contributed by atoms with van der Waals surface area (Å²) in [6.45, 7) is 15.1. The maximum atomic E-state index is 14.7. The largest absolute Gasteiger partial charge is 0.348 e. The summed E-state index contributed by atoms with van der Waals surface area (Å²) < 4.78 is 42.5. The Morgan fingerprint density at radius 2 is 1.82 bits per heavy atom. The van der Waals surface area contributed by atoms with Crippen LogP contribution < -0.4 is 5.32 Å². The number of alkyl halides is 2. The van der Waals surface area contributed by atoms with Crippen LogP contribution in [-0.2, 0) is 0 Å². The fourth-order valence-corrected chi connectivity index (χ4v) is 3.40. The fraction of sp³-hybridized carbons (Fsp3) is 0.519. The van der Waals surface area contributed by atoms with Crippen molar-refractivity contribution in [2.24, 2.45) is 16.8 Å². The number of allylic oxidation sites excluding steroid dienone is 1. The first kappa shape index (κ1) is 27.5. The maximum Gasteiger partial charge on any atom is 0.267 e. The van der Waals surface area contributed by atoms with E-state index in [1.807, 2.05) is 39.8 Å². The van der Waals surface area contributed by atoms with Gasteiger partial charge in [0.15, 0.2) is 0 Å². The summed E-state index contributed by atoms with van der Waals surface area (Å²) >= 11 is 0. The van der Waals surface area contributed by atoms with Gasteiger partial charge in [0.2, 0.25) is 5.95 Å². The minimum atomic E-state index is -2.75. The molecule has 1 N–H and O–H groups in total. The van der Waals surface area contributed by atoms with Crippen LogP contribution in [0.4, 0.5) is 24.8 Å². The molecule has 1 fully saturated rings. The normalized spacial score (nSPS) is 13.9. The Morgan fingerprint density at radius 3 is 2.29 bits per heavy atom. The zero-order valence-electron chi connectivity index (χ0n) is 21.6. The number of nitrogens with one attached hydrogen (secondary N) is 1. The van der Waals surface area contributed by atoms with Crippen molar-refractivity contribution in [3.05, 3.63) is 52.6 Å². The van der Waals surface area contributed by atoms with Gasteiger partial charge in [-0.1, -0.05) is 26.8 Å². The number of aryl methyl sites for hydroxylation is 2. The van der Waals surface area contributed by atoms with Gasteiger partial charge >= 0.3 is 0 Å². The van der Waals surface area contributed by atoms with E-state index in [9.17, 15) is 13.2 Å². The highest BCUT2D eigenvalue weighted by molar-refractivity contribution is 5.84. The average Bonchev–Trinajstić information content (AvgIpc) is 3.57. The summed E-state index contributed by atoms with van der Waals surface area (Å²) in [5, 5.41) is 2.65. The topological polar surface area (TPSA) is 50.2 Å². The maximum absolute atomic E-state index is 14.7. The van der Waals surface area contributed by atoms with Crippen molar-refractivity contribution in [3.63, 3.8) is 0 Å². The van der Waals surface area contributed by atoms with Crippen molar-refractivity contribution in [1.82, 2.24) is 9.97 Å². The van der Waals surface area contributed by atoms with E-state index in [2.05, 4.69) is 41.0 Å². The van der Waals surface area contributed by atoms with Crippen LogP contribution in [0.25, 0.3) is 5.57 Å². The van der Waals surface area contributed by atoms with Crippen LogP contribution in [0, 0.1) is 31.5 Å². The second-order valence-electron chi connectivity index (χ2n) is 9.70. The fourth-order valence-electron chi connectivity index (χ4n) is 3.40. The molecule has 1 aromatic carbocycles. The molecule has 7 heteroatoms. The lowest BCUT2D eigenvalue weighted by Crippen LogP contribution is -2.30. The first-order valence-electron chi connectivity index (χ1n) is 11.8. The van der Waals surface area contributed by atoms with E-state index in [0.29, 0.717) is 29.8 Å². The molecule has 34 heavy (non-hydrogen) atoms. The van der Waals surface area contributed by atoms with Crippen molar-refractivity contribution < 1.29 is 13.2 Å². The Kier molecular flexibility index (Phi) is 9.42. The van der Waals surface area contributed by atoms with E-state index in [4.69, 9.17) is 0 Å². The summed E-state index contributed by atoms with van der Waals surface area (Å²) in [5.41, 5.74) is 4.64. The molecule has 1 saturated carbocycles. The first-order chi connectivity index (χ1) is 15.9. The molecule has 1 aromatic heterocycles. The van der Waals surface area contributed by atoms with Crippen LogP contribution in [0.2, 0.25) is 0 Å². The van der Waals surface area contributed by atoms with Gasteiger partial charge in [-0.05, 0) is 82.2 Å². The van der Waals surface area contributed by atoms with Gasteiger partial charge in [0, 0.05) is 23.4 Å². The second kappa shape index (κ2) is 11.6. The van der Waals surface area contributed by atoms with E-state index in [-0.39, 0.29) is 5.95 Å². The minimum Gasteiger partial charge on any atom is -0.348 e. The number of anilines is 1. The second-order valence-corrected chi connectivity index (χ2v) is 9.70. The smallest absolute Gasteiger partial charge is 0.267 e. The lowest BCUT2D eigenvalue weighted by atomic mass is 9.95. The summed E-state index contributed by atoms with van der Waals surface area (Å²) in [6, 6.07) is 3.33. The third-order valence-corrected chi connectivity index (χ3v) is 5.12. The molecule has 0 saturated heterocycles. The molecule has 2 aromatic rings. The first-order valence-corrected chi connectivity index (χ1v) is 11.8. The molecule has 4 nitrogen and oxygen atoms in total. The number of aliphatic imine (C=N–C) groups is 1. The zero-order valence-corrected chi connectivity index (χ0v) is 21.6. The third-order valence-electron chi connectivity index (χ3n) is 5.12. The number of halogens is 3. The quantitative estimate of drug-likeness (QED) is 0.415. The molecule has 1 heterocycles. The Labute approximate surface area is 201 Å². The van der Waals surface area contributed by atoms with E-state index in [0.717, 1.165) is 28.3 Å². The Bertz CT molecular complexity index is 1020. The zero-order chi connectivity index (χ0) is 25.6. The van der Waals surface area contributed by atoms with E-state index in [1.165, 1.54) is 6.07 Å². The molecule has 1 aliphatic rings. The highest BCUT2D eigenvalue weighted by Gasteiger charge is 2.46. The minimum absolute atomic E-state index is 0.164. The molecule has 186 valence electrons. The monoisotopic (exact) mass is 474 g/mol. The highest BCUT2D eigenvalue weighted by Crippen LogP contribution is 2.43. The Hall–Kier alpha value is -2.70. The molecule has 1 aliphatic carbocycles. The van der Waals surface area contributed by atoms with Gasteiger partial charge in [0.1, 0.15) is 11.5 Å². The van der Waals surface area contributed by atoms with Gasteiger partial charge in [0.25, 0.3) is 5.92 Å². The summed E-state index contributed by atoms with van der Waals surface area (Å²) in [6.07, 6.45) is 4.58. The van der Waals surface area contributed by atoms with Crippen LogP contribution in [0.5, 0.6) is 0 Å². The molecule has 0 unspecified atom stereocenters. The predicted octanol–water partition coefficient (Wildman–Crippen LogP) is 7.92. The Morgan fingerprint density at radius 1 is 1.21 bits per heavy atom. The molecular formula is C27H37F3N4. The number of aromatic nitrogens is 2. The summed E-state index contributed by atoms with van der Waals surface area (Å²) in [7, 11) is 0. The molecular weight excluding hydrogens is 437 g/mol. The van der Waals surface area contributed by atoms with Crippen molar-refractivity contribution in [2.45, 2.75) is 74.2 Å². The number of nitrogens with zero attached hydrogens (tertiary/aromatic N) is 3. The van der Waals surface area contributed by atoms with Crippen molar-refractivity contribution >= 4 is 22.9 Å². The molecule has 0 aliphatic heterocycles. The third kappa shape index (κ3) is 7.67. The summed E-state index contributed by atoms with van der Waals surface area (Å²) in [5.74, 6) is -2.69. The van der Waals surface area contributed by atoms with Gasteiger partial charge in [-0.2, -0.15) is 0 Å². The van der Waals surface area contributed by atoms with E-state index in [1.54, 1.807) is 13.1 Å². The molecule has 0 atom stereocenters. The number of hydrogen-bond donors (Lipinski definition) is 1. The molecule has 0 bridgehead atoms. The summed E-state index contributed by atoms with van der Waals surface area (Å²) in [4.78, 5) is 12.8. The van der Waals surface area contributed by atoms with E-state index < -0.39 is 24.2 Å². The van der Waals surface area contributed by atoms with Crippen molar-refractivity contribution in [2.75, 3.05) is 11.9 Å². The van der Waals surface area contributed by atoms with Crippen LogP contribution in [-0.4, -0.2) is 28.1 Å². The highest BCUT2D eigenvalue weighted by atomic mass is 19.3. The molecule has 3 rings (SSSR count). The van der Waals surface area contributed by atoms with Crippen LogP contribution >= 0.6 is 0 Å². The van der Waals surface area contributed by atoms with Gasteiger partial charge in [-0.15, -0.1) is 0 Å². The standard InChI is InChI=1S/C23H27F3N4.C4H10/c1-6-18(16-9-14(4)21(20(24)10-16)29-13(2)3)19-11-27-22(30-15(19)5)28-12-23(25,26)17-7-8-17;1-4(2)3/h6,9-11,17H,7-8,12H2,1-5H3,(H,27,28,30);4H,1-3H3/b18-6-;. The van der Waals surface area contributed by atoms with Crippen molar-refractivity contribution in [1.29, 1.82) is 0 Å². The van der Waals surface area contributed by atoms with Crippen LogP contribution in [0.1, 0.15) is 76.8 Å².